The Hall–Kier alpha value is -2.71. The first-order valence-corrected chi connectivity index (χ1v) is 9.22. The Morgan fingerprint density at radius 1 is 0.964 bits per heavy atom. The van der Waals surface area contributed by atoms with Crippen LogP contribution in [0.2, 0.25) is 0 Å². The van der Waals surface area contributed by atoms with Gasteiger partial charge >= 0.3 is 5.69 Å². The average Bonchev–Trinajstić information content (AvgIpc) is 2.71. The summed E-state index contributed by atoms with van der Waals surface area (Å²) < 4.78 is 7.54. The van der Waals surface area contributed by atoms with Crippen LogP contribution in [0.4, 0.5) is 0 Å². The molecule has 2 aromatic rings. The molecule has 28 heavy (non-hydrogen) atoms. The van der Waals surface area contributed by atoms with E-state index < -0.39 is 11.2 Å². The first kappa shape index (κ1) is 20.0. The number of piperazine rings is 1. The molecule has 1 saturated heterocycles. The van der Waals surface area contributed by atoms with Crippen LogP contribution in [0.15, 0.2) is 33.9 Å². The minimum atomic E-state index is -0.562. The van der Waals surface area contributed by atoms with Crippen LogP contribution in [0.25, 0.3) is 0 Å². The predicted molar refractivity (Wildman–Crippen MR) is 106 cm³/mol. The fraction of sp³-hybridized carbons (Fsp3) is 0.450. The van der Waals surface area contributed by atoms with Crippen LogP contribution in [0.3, 0.4) is 0 Å². The normalized spacial score (nSPS) is 15.6. The van der Waals surface area contributed by atoms with E-state index in [0.717, 1.165) is 30.7 Å². The minimum Gasteiger partial charge on any atom is -0.497 e. The molecule has 1 aliphatic rings. The summed E-state index contributed by atoms with van der Waals surface area (Å²) in [5.41, 5.74) is -0.100. The Bertz CT molecular complexity index is 983. The van der Waals surface area contributed by atoms with E-state index in [1.165, 1.54) is 11.6 Å². The van der Waals surface area contributed by atoms with Crippen molar-refractivity contribution in [3.05, 3.63) is 61.9 Å². The molecule has 0 aliphatic carbocycles. The van der Waals surface area contributed by atoms with Crippen LogP contribution in [-0.4, -0.2) is 65.1 Å². The molecule has 1 aromatic heterocycles. The maximum absolute atomic E-state index is 13.2. The van der Waals surface area contributed by atoms with Gasteiger partial charge in [-0.05, 0) is 31.3 Å². The Morgan fingerprint density at radius 2 is 1.57 bits per heavy atom. The number of aromatic nitrogens is 2. The lowest BCUT2D eigenvalue weighted by Crippen LogP contribution is -2.47. The fourth-order valence-corrected chi connectivity index (χ4v) is 3.40. The number of hydrogen-bond acceptors (Lipinski definition) is 6. The molecule has 8 heteroatoms. The molecule has 0 saturated carbocycles. The van der Waals surface area contributed by atoms with Gasteiger partial charge in [-0.3, -0.25) is 23.6 Å². The first-order chi connectivity index (χ1) is 13.3. The molecule has 1 fully saturated rings. The van der Waals surface area contributed by atoms with E-state index in [1.807, 2.05) is 0 Å². The number of hydrogen-bond donors (Lipinski definition) is 0. The molecule has 0 unspecified atom stereocenters. The number of nitrogens with zero attached hydrogens (tertiary/aromatic N) is 4. The van der Waals surface area contributed by atoms with Crippen LogP contribution >= 0.6 is 0 Å². The van der Waals surface area contributed by atoms with Gasteiger partial charge < -0.3 is 9.64 Å². The lowest BCUT2D eigenvalue weighted by atomic mass is 10.0. The molecule has 0 spiro atoms. The second kappa shape index (κ2) is 8.12. The van der Waals surface area contributed by atoms with Crippen LogP contribution < -0.4 is 16.0 Å². The highest BCUT2D eigenvalue weighted by Crippen LogP contribution is 2.16. The molecule has 2 heterocycles. The lowest BCUT2D eigenvalue weighted by Gasteiger charge is -2.33. The molecule has 0 bridgehead atoms. The molecular formula is C20H26N4O4. The molecule has 0 N–H and O–H groups in total. The van der Waals surface area contributed by atoms with Crippen LogP contribution in [-0.2, 0) is 20.6 Å². The lowest BCUT2D eigenvalue weighted by molar-refractivity contribution is 0.103. The van der Waals surface area contributed by atoms with Gasteiger partial charge in [0.15, 0.2) is 5.78 Å². The summed E-state index contributed by atoms with van der Waals surface area (Å²) in [6.45, 7) is 3.82. The highest BCUT2D eigenvalue weighted by Gasteiger charge is 2.25. The first-order valence-electron chi connectivity index (χ1n) is 9.22. The SMILES string of the molecule is COc1ccc(C(=O)c2c(CN3CCN(C)CC3)n(C)c(=O)n(C)c2=O)cc1. The Labute approximate surface area is 163 Å². The maximum atomic E-state index is 13.2. The monoisotopic (exact) mass is 386 g/mol. The minimum absolute atomic E-state index is 0.0497. The standard InChI is InChI=1S/C20H26N4O4/c1-21-9-11-24(12-10-21)13-16-17(19(26)23(3)20(27)22(16)2)18(25)14-5-7-15(28-4)8-6-14/h5-8H,9-13H2,1-4H3. The third kappa shape index (κ3) is 3.79. The van der Waals surface area contributed by atoms with Gasteiger partial charge in [-0.2, -0.15) is 0 Å². The third-order valence-electron chi connectivity index (χ3n) is 5.33. The number of rotatable bonds is 5. The van der Waals surface area contributed by atoms with Gasteiger partial charge in [-0.1, -0.05) is 0 Å². The Kier molecular flexibility index (Phi) is 5.81. The summed E-state index contributed by atoms with van der Waals surface area (Å²) in [7, 11) is 6.62. The number of ketones is 1. The number of carbonyl (C=O) groups is 1. The fourth-order valence-electron chi connectivity index (χ4n) is 3.40. The molecule has 150 valence electrons. The molecule has 0 radical (unpaired) electrons. The Morgan fingerprint density at radius 3 is 2.14 bits per heavy atom. The van der Waals surface area contributed by atoms with Gasteiger partial charge in [0, 0.05) is 52.4 Å². The number of likely N-dealkylation sites (N-methyl/N-ethyl adjacent to an activating group) is 1. The van der Waals surface area contributed by atoms with Crippen LogP contribution in [0.5, 0.6) is 5.75 Å². The largest absolute Gasteiger partial charge is 0.497 e. The van der Waals surface area contributed by atoms with Crippen LogP contribution in [0.1, 0.15) is 21.6 Å². The Balaban J connectivity index is 2.06. The van der Waals surface area contributed by atoms with Crippen molar-refractivity contribution < 1.29 is 9.53 Å². The van der Waals surface area contributed by atoms with E-state index in [0.29, 0.717) is 23.6 Å². The predicted octanol–water partition coefficient (Wildman–Crippen LogP) is 0.0710. The summed E-state index contributed by atoms with van der Waals surface area (Å²) in [5.74, 6) is 0.241. The zero-order valence-electron chi connectivity index (χ0n) is 16.8. The van der Waals surface area contributed by atoms with E-state index >= 15 is 0 Å². The van der Waals surface area contributed by atoms with Gasteiger partial charge in [0.05, 0.1) is 12.8 Å². The highest BCUT2D eigenvalue weighted by atomic mass is 16.5. The third-order valence-corrected chi connectivity index (χ3v) is 5.33. The summed E-state index contributed by atoms with van der Waals surface area (Å²) in [6, 6.07) is 6.62. The molecule has 3 rings (SSSR count). The number of ether oxygens (including phenoxy) is 1. The van der Waals surface area contributed by atoms with Gasteiger partial charge in [0.1, 0.15) is 11.3 Å². The van der Waals surface area contributed by atoms with E-state index in [-0.39, 0.29) is 11.3 Å². The molecule has 8 nitrogen and oxygen atoms in total. The summed E-state index contributed by atoms with van der Waals surface area (Å²) in [6.07, 6.45) is 0. The van der Waals surface area contributed by atoms with Crippen molar-refractivity contribution in [1.29, 1.82) is 0 Å². The zero-order valence-corrected chi connectivity index (χ0v) is 16.8. The van der Waals surface area contributed by atoms with Crippen molar-refractivity contribution in [2.75, 3.05) is 40.3 Å². The van der Waals surface area contributed by atoms with Crippen molar-refractivity contribution in [2.45, 2.75) is 6.54 Å². The van der Waals surface area contributed by atoms with Gasteiger partial charge in [0.2, 0.25) is 0 Å². The van der Waals surface area contributed by atoms with Crippen molar-refractivity contribution in [3.63, 3.8) is 0 Å². The van der Waals surface area contributed by atoms with E-state index in [9.17, 15) is 14.4 Å². The summed E-state index contributed by atoms with van der Waals surface area (Å²) in [5, 5.41) is 0. The van der Waals surface area contributed by atoms with E-state index in [4.69, 9.17) is 4.74 Å². The molecule has 1 aromatic carbocycles. The van der Waals surface area contributed by atoms with Gasteiger partial charge in [-0.25, -0.2) is 4.79 Å². The number of benzene rings is 1. The van der Waals surface area contributed by atoms with Crippen molar-refractivity contribution in [1.82, 2.24) is 18.9 Å². The quantitative estimate of drug-likeness (QED) is 0.677. The summed E-state index contributed by atoms with van der Waals surface area (Å²) >= 11 is 0. The molecule has 1 aliphatic heterocycles. The van der Waals surface area contributed by atoms with E-state index in [1.54, 1.807) is 38.4 Å². The second-order valence-electron chi connectivity index (χ2n) is 7.16. The molecular weight excluding hydrogens is 360 g/mol. The maximum Gasteiger partial charge on any atom is 0.330 e. The van der Waals surface area contributed by atoms with Crippen molar-refractivity contribution in [2.24, 2.45) is 14.1 Å². The van der Waals surface area contributed by atoms with Crippen molar-refractivity contribution in [3.8, 4) is 5.75 Å². The van der Waals surface area contributed by atoms with E-state index in [2.05, 4.69) is 16.8 Å². The second-order valence-corrected chi connectivity index (χ2v) is 7.16. The molecule has 0 amide bonds. The topological polar surface area (TPSA) is 76.8 Å². The van der Waals surface area contributed by atoms with Gasteiger partial charge in [-0.15, -0.1) is 0 Å². The zero-order chi connectivity index (χ0) is 20.4. The smallest absolute Gasteiger partial charge is 0.330 e. The van der Waals surface area contributed by atoms with Gasteiger partial charge in [0.25, 0.3) is 5.56 Å². The highest BCUT2D eigenvalue weighted by molar-refractivity contribution is 6.09. The van der Waals surface area contributed by atoms with Crippen LogP contribution in [0, 0.1) is 0 Å². The number of methoxy groups -OCH3 is 1. The molecule has 0 atom stereocenters. The summed E-state index contributed by atoms with van der Waals surface area (Å²) in [4.78, 5) is 42.9. The van der Waals surface area contributed by atoms with Crippen molar-refractivity contribution >= 4 is 5.78 Å². The average molecular weight is 386 g/mol. The number of carbonyl (C=O) groups excluding carboxylic acids is 1.